The maximum absolute atomic E-state index is 6.54. The summed E-state index contributed by atoms with van der Waals surface area (Å²) in [6.07, 6.45) is 0. The van der Waals surface area contributed by atoms with E-state index in [2.05, 4.69) is 29.8 Å². The van der Waals surface area contributed by atoms with Crippen molar-refractivity contribution in [3.63, 3.8) is 0 Å². The average Bonchev–Trinajstić information content (AvgIpc) is 2.49. The van der Waals surface area contributed by atoms with Crippen LogP contribution in [0.4, 0.5) is 0 Å². The first-order chi connectivity index (χ1) is 9.99. The van der Waals surface area contributed by atoms with Gasteiger partial charge >= 0.3 is 0 Å². The van der Waals surface area contributed by atoms with Crippen molar-refractivity contribution in [3.8, 4) is 11.5 Å². The highest BCUT2D eigenvalue weighted by molar-refractivity contribution is 9.10. The molecule has 21 heavy (non-hydrogen) atoms. The molecule has 1 heterocycles. The number of halogens is 1. The molecule has 1 aliphatic rings. The summed E-state index contributed by atoms with van der Waals surface area (Å²) in [7, 11) is 3.32. The fourth-order valence-corrected chi connectivity index (χ4v) is 6.10. The topological polar surface area (TPSA) is 44.5 Å². The number of hydrogen-bond donors (Lipinski definition) is 1. The Morgan fingerprint density at radius 2 is 1.95 bits per heavy atom. The van der Waals surface area contributed by atoms with E-state index in [9.17, 15) is 0 Å². The molecule has 2 N–H and O–H groups in total. The van der Waals surface area contributed by atoms with Gasteiger partial charge in [0, 0.05) is 33.1 Å². The summed E-state index contributed by atoms with van der Waals surface area (Å²) in [4.78, 5) is 0. The Kier molecular flexibility index (Phi) is 6.17. The number of hydrogen-bond acceptors (Lipinski definition) is 5. The maximum Gasteiger partial charge on any atom is 0.141 e. The predicted molar refractivity (Wildman–Crippen MR) is 96.9 cm³/mol. The molecule has 0 aliphatic carbocycles. The maximum atomic E-state index is 6.54. The van der Waals surface area contributed by atoms with E-state index < -0.39 is 0 Å². The molecule has 0 spiro atoms. The third-order valence-electron chi connectivity index (χ3n) is 3.85. The van der Waals surface area contributed by atoms with Gasteiger partial charge in [-0.15, -0.1) is 0 Å². The van der Waals surface area contributed by atoms with Gasteiger partial charge in [0.2, 0.25) is 0 Å². The Bertz CT molecular complexity index is 501. The van der Waals surface area contributed by atoms with Crippen LogP contribution in [0.3, 0.4) is 0 Å². The van der Waals surface area contributed by atoms with Crippen LogP contribution in [0.2, 0.25) is 0 Å². The van der Waals surface area contributed by atoms with E-state index in [0.717, 1.165) is 27.3 Å². The molecule has 1 fully saturated rings. The lowest BCUT2D eigenvalue weighted by Gasteiger charge is -2.35. The van der Waals surface area contributed by atoms with E-state index >= 15 is 0 Å². The Labute approximate surface area is 143 Å². The summed E-state index contributed by atoms with van der Waals surface area (Å²) >= 11 is 7.54. The summed E-state index contributed by atoms with van der Waals surface area (Å²) in [6, 6.07) is 3.91. The van der Waals surface area contributed by atoms with Crippen LogP contribution < -0.4 is 15.2 Å². The van der Waals surface area contributed by atoms with Crippen LogP contribution in [-0.2, 0) is 0 Å². The molecule has 4 unspecified atom stereocenters. The van der Waals surface area contributed by atoms with Crippen LogP contribution in [0.25, 0.3) is 0 Å². The number of methoxy groups -OCH3 is 2. The molecule has 0 aromatic heterocycles. The van der Waals surface area contributed by atoms with Gasteiger partial charge in [0.25, 0.3) is 0 Å². The molecule has 0 radical (unpaired) electrons. The van der Waals surface area contributed by atoms with Gasteiger partial charge in [-0.25, -0.2) is 0 Å². The van der Waals surface area contributed by atoms with Crippen LogP contribution in [0.15, 0.2) is 16.6 Å². The second-order valence-corrected chi connectivity index (χ2v) is 8.97. The zero-order valence-electron chi connectivity index (χ0n) is 12.8. The Morgan fingerprint density at radius 3 is 2.52 bits per heavy atom. The molecular weight excluding hydrogens is 370 g/mol. The lowest BCUT2D eigenvalue weighted by molar-refractivity contribution is 0.383. The number of ether oxygens (including phenoxy) is 2. The van der Waals surface area contributed by atoms with Crippen molar-refractivity contribution in [3.05, 3.63) is 22.2 Å². The molecular formula is C15H22BrNO2S2. The van der Waals surface area contributed by atoms with E-state index in [-0.39, 0.29) is 6.04 Å². The van der Waals surface area contributed by atoms with Crippen molar-refractivity contribution in [2.24, 2.45) is 5.73 Å². The molecule has 118 valence electrons. The lowest BCUT2D eigenvalue weighted by atomic mass is 10.0. The summed E-state index contributed by atoms with van der Waals surface area (Å²) < 4.78 is 11.7. The van der Waals surface area contributed by atoms with E-state index in [1.54, 1.807) is 14.2 Å². The SMILES string of the molecule is COc1ccc(C(N)C2CSC(C)C(C)S2)c(OC)c1Br. The highest BCUT2D eigenvalue weighted by Gasteiger charge is 2.32. The molecule has 0 saturated carbocycles. The Balaban J connectivity index is 2.27. The monoisotopic (exact) mass is 391 g/mol. The molecule has 1 aliphatic heterocycles. The third kappa shape index (κ3) is 3.66. The largest absolute Gasteiger partial charge is 0.495 e. The van der Waals surface area contributed by atoms with Gasteiger partial charge in [-0.1, -0.05) is 13.8 Å². The van der Waals surface area contributed by atoms with Crippen molar-refractivity contribution in [1.29, 1.82) is 0 Å². The normalized spacial score (nSPS) is 27.2. The van der Waals surface area contributed by atoms with E-state index in [0.29, 0.717) is 15.7 Å². The molecule has 6 heteroatoms. The van der Waals surface area contributed by atoms with E-state index in [1.165, 1.54) is 0 Å². The third-order valence-corrected chi connectivity index (χ3v) is 8.12. The smallest absolute Gasteiger partial charge is 0.141 e. The zero-order chi connectivity index (χ0) is 15.6. The molecule has 3 nitrogen and oxygen atoms in total. The second-order valence-electron chi connectivity index (χ2n) is 5.15. The van der Waals surface area contributed by atoms with Gasteiger partial charge in [-0.2, -0.15) is 23.5 Å². The minimum absolute atomic E-state index is 0.0467. The van der Waals surface area contributed by atoms with Crippen molar-refractivity contribution in [2.75, 3.05) is 20.0 Å². The quantitative estimate of drug-likeness (QED) is 0.836. The first-order valence-corrected chi connectivity index (χ1v) is 9.71. The highest BCUT2D eigenvalue weighted by atomic mass is 79.9. The predicted octanol–water partition coefficient (Wildman–Crippen LogP) is 4.09. The first-order valence-electron chi connectivity index (χ1n) is 6.92. The summed E-state index contributed by atoms with van der Waals surface area (Å²) in [6.45, 7) is 4.57. The number of rotatable bonds is 4. The van der Waals surface area contributed by atoms with Crippen LogP contribution >= 0.6 is 39.5 Å². The highest BCUT2D eigenvalue weighted by Crippen LogP contribution is 2.45. The Hall–Kier alpha value is -0.0400. The van der Waals surface area contributed by atoms with Gasteiger partial charge < -0.3 is 15.2 Å². The van der Waals surface area contributed by atoms with Gasteiger partial charge in [0.1, 0.15) is 16.0 Å². The first kappa shape index (κ1) is 17.3. The summed E-state index contributed by atoms with van der Waals surface area (Å²) in [5.74, 6) is 2.61. The van der Waals surface area contributed by atoms with Gasteiger partial charge in [-0.3, -0.25) is 0 Å². The van der Waals surface area contributed by atoms with Crippen LogP contribution in [0.5, 0.6) is 11.5 Å². The minimum Gasteiger partial charge on any atom is -0.495 e. The molecule has 4 atom stereocenters. The minimum atomic E-state index is -0.0467. The van der Waals surface area contributed by atoms with Crippen molar-refractivity contribution in [1.82, 2.24) is 0 Å². The molecule has 0 bridgehead atoms. The number of benzene rings is 1. The summed E-state index contributed by atoms with van der Waals surface area (Å²) in [5.41, 5.74) is 7.57. The lowest BCUT2D eigenvalue weighted by Crippen LogP contribution is -2.34. The van der Waals surface area contributed by atoms with Gasteiger partial charge in [0.05, 0.1) is 14.2 Å². The number of nitrogens with two attached hydrogens (primary N) is 1. The van der Waals surface area contributed by atoms with E-state index in [4.69, 9.17) is 15.2 Å². The molecule has 1 aromatic carbocycles. The van der Waals surface area contributed by atoms with Gasteiger partial charge in [0.15, 0.2) is 0 Å². The van der Waals surface area contributed by atoms with Crippen LogP contribution in [-0.4, -0.2) is 35.7 Å². The summed E-state index contributed by atoms with van der Waals surface area (Å²) in [5, 5.41) is 1.70. The number of thioether (sulfide) groups is 2. The molecule has 2 rings (SSSR count). The fourth-order valence-electron chi connectivity index (χ4n) is 2.38. The fraction of sp³-hybridized carbons (Fsp3) is 0.600. The molecule has 1 aromatic rings. The molecule has 1 saturated heterocycles. The van der Waals surface area contributed by atoms with Crippen molar-refractivity contribution < 1.29 is 9.47 Å². The Morgan fingerprint density at radius 1 is 1.24 bits per heavy atom. The average molecular weight is 392 g/mol. The van der Waals surface area contributed by atoms with Gasteiger partial charge in [-0.05, 0) is 28.1 Å². The van der Waals surface area contributed by atoms with Crippen molar-refractivity contribution >= 4 is 39.5 Å². The second kappa shape index (κ2) is 7.49. The van der Waals surface area contributed by atoms with E-state index in [1.807, 2.05) is 35.7 Å². The standard InChI is InChI=1S/C15H22BrNO2S2/c1-8-9(2)21-12(7-20-8)14(17)10-5-6-11(18-3)13(16)15(10)19-4/h5-6,8-9,12,14H,7,17H2,1-4H3. The molecule has 0 amide bonds. The zero-order valence-corrected chi connectivity index (χ0v) is 16.0. The van der Waals surface area contributed by atoms with Crippen LogP contribution in [0.1, 0.15) is 25.5 Å². The van der Waals surface area contributed by atoms with Crippen LogP contribution in [0, 0.1) is 0 Å². The van der Waals surface area contributed by atoms with Crippen molar-refractivity contribution in [2.45, 2.75) is 35.6 Å².